The number of nitrogens with one attached hydrogen (secondary N) is 1. The fourth-order valence-electron chi connectivity index (χ4n) is 3.05. The third-order valence-electron chi connectivity index (χ3n) is 4.56. The first-order valence-electron chi connectivity index (χ1n) is 9.84. The van der Waals surface area contributed by atoms with E-state index in [0.29, 0.717) is 59.8 Å². The molecule has 0 aliphatic rings. The van der Waals surface area contributed by atoms with Crippen LogP contribution in [0.25, 0.3) is 0 Å². The van der Waals surface area contributed by atoms with Gasteiger partial charge in [-0.25, -0.2) is 4.39 Å². The van der Waals surface area contributed by atoms with Crippen LogP contribution in [-0.2, 0) is 19.6 Å². The van der Waals surface area contributed by atoms with Crippen molar-refractivity contribution in [3.05, 3.63) is 93.2 Å². The highest BCUT2D eigenvalue weighted by Crippen LogP contribution is 2.37. The molecule has 0 bridgehead atoms. The van der Waals surface area contributed by atoms with Crippen LogP contribution in [0.15, 0.2) is 60.7 Å². The van der Waals surface area contributed by atoms with Crippen LogP contribution in [0, 0.1) is 5.82 Å². The van der Waals surface area contributed by atoms with Gasteiger partial charge in [0.25, 0.3) is 0 Å². The normalized spacial score (nSPS) is 10.5. The van der Waals surface area contributed by atoms with Crippen LogP contribution in [0.1, 0.15) is 23.6 Å². The van der Waals surface area contributed by atoms with Gasteiger partial charge in [0.15, 0.2) is 11.5 Å². The molecule has 3 aromatic carbocycles. The molecule has 0 fully saturated rings. The van der Waals surface area contributed by atoms with Gasteiger partial charge >= 0.3 is 0 Å². The zero-order valence-electron chi connectivity index (χ0n) is 17.2. The van der Waals surface area contributed by atoms with Crippen molar-refractivity contribution in [1.82, 2.24) is 5.32 Å². The van der Waals surface area contributed by atoms with E-state index in [9.17, 15) is 4.39 Å². The van der Waals surface area contributed by atoms with Gasteiger partial charge in [-0.05, 0) is 55.3 Å². The number of halogens is 4. The summed E-state index contributed by atoms with van der Waals surface area (Å²) < 4.78 is 25.4. The first kappa shape index (κ1) is 25.3. The smallest absolute Gasteiger partial charge is 0.180 e. The highest BCUT2D eigenvalue weighted by atomic mass is 35.5. The van der Waals surface area contributed by atoms with Gasteiger partial charge in [0, 0.05) is 17.1 Å². The zero-order chi connectivity index (χ0) is 21.3. The van der Waals surface area contributed by atoms with E-state index < -0.39 is 0 Å². The number of ether oxygens (including phenoxy) is 2. The van der Waals surface area contributed by atoms with Gasteiger partial charge < -0.3 is 14.8 Å². The van der Waals surface area contributed by atoms with E-state index in [1.165, 1.54) is 6.07 Å². The molecule has 0 spiro atoms. The Morgan fingerprint density at radius 3 is 2.32 bits per heavy atom. The fourth-order valence-corrected chi connectivity index (χ4v) is 3.53. The summed E-state index contributed by atoms with van der Waals surface area (Å²) in [4.78, 5) is 0. The van der Waals surface area contributed by atoms with Gasteiger partial charge in [-0.2, -0.15) is 0 Å². The Morgan fingerprint density at radius 1 is 0.903 bits per heavy atom. The second kappa shape index (κ2) is 12.8. The molecule has 0 heterocycles. The zero-order valence-corrected chi connectivity index (χ0v) is 19.5. The molecular weight excluding hydrogens is 460 g/mol. The third-order valence-corrected chi connectivity index (χ3v) is 5.21. The summed E-state index contributed by atoms with van der Waals surface area (Å²) in [6, 6.07) is 18.1. The van der Waals surface area contributed by atoms with Crippen molar-refractivity contribution in [1.29, 1.82) is 0 Å². The molecule has 1 N–H and O–H groups in total. The minimum Gasteiger partial charge on any atom is -0.490 e. The van der Waals surface area contributed by atoms with Crippen molar-refractivity contribution in [2.45, 2.75) is 26.5 Å². The number of rotatable bonds is 10. The molecule has 3 nitrogen and oxygen atoms in total. The van der Waals surface area contributed by atoms with Gasteiger partial charge in [0.05, 0.1) is 11.6 Å². The van der Waals surface area contributed by atoms with E-state index in [4.69, 9.17) is 32.7 Å². The summed E-state index contributed by atoms with van der Waals surface area (Å²) in [6.07, 6.45) is 0.609. The maximum absolute atomic E-state index is 13.7. The topological polar surface area (TPSA) is 30.5 Å². The van der Waals surface area contributed by atoms with Gasteiger partial charge in [0.1, 0.15) is 12.4 Å². The van der Waals surface area contributed by atoms with Gasteiger partial charge in [-0.3, -0.25) is 0 Å². The van der Waals surface area contributed by atoms with E-state index in [-0.39, 0.29) is 18.2 Å². The SMILES string of the molecule is CCOc1cc(CNCCc2ccccc2F)cc(Cl)c1OCc1ccccc1Cl.Cl. The lowest BCUT2D eigenvalue weighted by molar-refractivity contribution is 0.269. The number of hydrogen-bond donors (Lipinski definition) is 1. The second-order valence-corrected chi connectivity index (χ2v) is 7.55. The van der Waals surface area contributed by atoms with E-state index in [1.54, 1.807) is 12.1 Å². The Morgan fingerprint density at radius 2 is 1.61 bits per heavy atom. The predicted octanol–water partition coefficient (Wildman–Crippen LogP) is 6.86. The lowest BCUT2D eigenvalue weighted by Crippen LogP contribution is -2.17. The van der Waals surface area contributed by atoms with E-state index in [2.05, 4.69) is 5.32 Å². The number of hydrogen-bond acceptors (Lipinski definition) is 3. The van der Waals surface area contributed by atoms with Gasteiger partial charge in [-0.15, -0.1) is 12.4 Å². The lowest BCUT2D eigenvalue weighted by atomic mass is 10.1. The quantitative estimate of drug-likeness (QED) is 0.319. The maximum atomic E-state index is 13.7. The van der Waals surface area contributed by atoms with Crippen LogP contribution in [0.2, 0.25) is 10.0 Å². The molecule has 0 aliphatic heterocycles. The average Bonchev–Trinajstić information content (AvgIpc) is 2.73. The van der Waals surface area contributed by atoms with Crippen molar-refractivity contribution < 1.29 is 13.9 Å². The monoisotopic (exact) mass is 483 g/mol. The molecule has 0 aromatic heterocycles. The lowest BCUT2D eigenvalue weighted by Gasteiger charge is -2.16. The summed E-state index contributed by atoms with van der Waals surface area (Å²) in [7, 11) is 0. The molecule has 166 valence electrons. The highest BCUT2D eigenvalue weighted by molar-refractivity contribution is 6.32. The maximum Gasteiger partial charge on any atom is 0.180 e. The summed E-state index contributed by atoms with van der Waals surface area (Å²) in [5.74, 6) is 0.900. The van der Waals surface area contributed by atoms with Gasteiger partial charge in [0.2, 0.25) is 0 Å². The van der Waals surface area contributed by atoms with E-state index >= 15 is 0 Å². The Hall–Kier alpha value is -1.98. The standard InChI is InChI=1S/C24H24Cl2FNO2.ClH/c1-2-29-23-14-17(15-28-12-11-18-7-4-6-10-22(18)27)13-21(26)24(23)30-16-19-8-3-5-9-20(19)25;/h3-10,13-14,28H,2,11-12,15-16H2,1H3;1H. The van der Waals surface area contributed by atoms with Crippen molar-refractivity contribution in [3.8, 4) is 11.5 Å². The number of benzene rings is 3. The molecule has 3 aromatic rings. The first-order chi connectivity index (χ1) is 14.6. The molecule has 0 aliphatic carbocycles. The fraction of sp³-hybridized carbons (Fsp3) is 0.250. The molecule has 0 saturated heterocycles. The summed E-state index contributed by atoms with van der Waals surface area (Å²) in [6.45, 7) is 3.92. The molecule has 0 unspecified atom stereocenters. The first-order valence-corrected chi connectivity index (χ1v) is 10.6. The third kappa shape index (κ3) is 7.29. The molecule has 0 saturated carbocycles. The van der Waals surface area contributed by atoms with Crippen LogP contribution >= 0.6 is 35.6 Å². The average molecular weight is 485 g/mol. The molecular formula is C24H25Cl3FNO2. The summed E-state index contributed by atoms with van der Waals surface area (Å²) in [5, 5.41) is 4.43. The van der Waals surface area contributed by atoms with Crippen molar-refractivity contribution >= 4 is 35.6 Å². The molecule has 7 heteroatoms. The van der Waals surface area contributed by atoms with Crippen molar-refractivity contribution in [2.75, 3.05) is 13.2 Å². The van der Waals surface area contributed by atoms with Crippen LogP contribution in [-0.4, -0.2) is 13.2 Å². The largest absolute Gasteiger partial charge is 0.490 e. The summed E-state index contributed by atoms with van der Waals surface area (Å²) >= 11 is 12.7. The van der Waals surface area contributed by atoms with Crippen LogP contribution in [0.5, 0.6) is 11.5 Å². The molecule has 0 atom stereocenters. The Bertz CT molecular complexity index is 985. The molecule has 31 heavy (non-hydrogen) atoms. The Labute approximate surface area is 198 Å². The van der Waals surface area contributed by atoms with Crippen LogP contribution < -0.4 is 14.8 Å². The summed E-state index contributed by atoms with van der Waals surface area (Å²) in [5.41, 5.74) is 2.53. The van der Waals surface area contributed by atoms with Crippen molar-refractivity contribution in [2.24, 2.45) is 0 Å². The highest BCUT2D eigenvalue weighted by Gasteiger charge is 2.14. The minimum atomic E-state index is -0.180. The molecule has 0 amide bonds. The van der Waals surface area contributed by atoms with Crippen molar-refractivity contribution in [3.63, 3.8) is 0 Å². The minimum absolute atomic E-state index is 0. The second-order valence-electron chi connectivity index (χ2n) is 6.74. The van der Waals surface area contributed by atoms with E-state index in [1.807, 2.05) is 49.4 Å². The Kier molecular flexibility index (Phi) is 10.4. The Balaban J connectivity index is 0.00000341. The molecule has 0 radical (unpaired) electrons. The van der Waals surface area contributed by atoms with Gasteiger partial charge in [-0.1, -0.05) is 59.6 Å². The van der Waals surface area contributed by atoms with Crippen LogP contribution in [0.3, 0.4) is 0 Å². The molecule has 3 rings (SSSR count). The van der Waals surface area contributed by atoms with Crippen LogP contribution in [0.4, 0.5) is 4.39 Å². The predicted molar refractivity (Wildman–Crippen MR) is 127 cm³/mol. The van der Waals surface area contributed by atoms with E-state index in [0.717, 1.165) is 11.1 Å².